The Hall–Kier alpha value is -0.880. The molecule has 0 aliphatic rings. The molecule has 0 spiro atoms. The lowest BCUT2D eigenvalue weighted by molar-refractivity contribution is 0.579. The number of aryl methyl sites for hydroxylation is 1. The van der Waals surface area contributed by atoms with Crippen LogP contribution in [-0.4, -0.2) is 36.2 Å². The van der Waals surface area contributed by atoms with E-state index < -0.39 is 9.84 Å². The maximum Gasteiger partial charge on any atom is 0.152 e. The largest absolute Gasteiger partial charge is 0.313 e. The van der Waals surface area contributed by atoms with Crippen LogP contribution in [0.2, 0.25) is 0 Å². The van der Waals surface area contributed by atoms with Crippen molar-refractivity contribution in [2.75, 3.05) is 18.1 Å². The number of hydrogen-bond donors (Lipinski definition) is 1. The van der Waals surface area contributed by atoms with Crippen molar-refractivity contribution in [1.29, 1.82) is 0 Å². The van der Waals surface area contributed by atoms with Gasteiger partial charge in [-0.05, 0) is 19.4 Å². The van der Waals surface area contributed by atoms with Crippen LogP contribution in [-0.2, 0) is 22.9 Å². The van der Waals surface area contributed by atoms with Crippen molar-refractivity contribution in [3.8, 4) is 0 Å². The van der Waals surface area contributed by atoms with Crippen molar-refractivity contribution in [3.05, 3.63) is 18.0 Å². The van der Waals surface area contributed by atoms with Gasteiger partial charge in [-0.1, -0.05) is 13.8 Å². The van der Waals surface area contributed by atoms with Crippen LogP contribution in [0.25, 0.3) is 0 Å². The van der Waals surface area contributed by atoms with Gasteiger partial charge in [-0.2, -0.15) is 5.10 Å². The Morgan fingerprint density at radius 2 is 2.06 bits per heavy atom. The molecule has 1 aromatic heterocycles. The van der Waals surface area contributed by atoms with Crippen LogP contribution in [0.1, 0.15) is 32.3 Å². The van der Waals surface area contributed by atoms with Gasteiger partial charge < -0.3 is 5.32 Å². The second kappa shape index (κ2) is 7.53. The lowest BCUT2D eigenvalue weighted by Crippen LogP contribution is -2.16. The topological polar surface area (TPSA) is 64.0 Å². The highest BCUT2D eigenvalue weighted by Gasteiger charge is 2.09. The summed E-state index contributed by atoms with van der Waals surface area (Å²) in [4.78, 5) is 0. The van der Waals surface area contributed by atoms with Crippen molar-refractivity contribution in [2.45, 2.75) is 39.8 Å². The molecule has 5 nitrogen and oxygen atoms in total. The van der Waals surface area contributed by atoms with Crippen LogP contribution in [0.15, 0.2) is 12.4 Å². The first-order chi connectivity index (χ1) is 8.57. The first kappa shape index (κ1) is 15.2. The third-order valence-corrected chi connectivity index (χ3v) is 4.42. The van der Waals surface area contributed by atoms with Crippen LogP contribution < -0.4 is 5.32 Å². The number of aromatic nitrogens is 2. The molecule has 0 fully saturated rings. The molecule has 0 bridgehead atoms. The summed E-state index contributed by atoms with van der Waals surface area (Å²) in [6.45, 7) is 6.21. The smallest absolute Gasteiger partial charge is 0.152 e. The molecule has 18 heavy (non-hydrogen) atoms. The summed E-state index contributed by atoms with van der Waals surface area (Å²) in [6.07, 6.45) is 5.47. The Kier molecular flexibility index (Phi) is 6.35. The van der Waals surface area contributed by atoms with E-state index in [1.165, 1.54) is 0 Å². The molecule has 0 radical (unpaired) electrons. The zero-order valence-electron chi connectivity index (χ0n) is 11.2. The molecular formula is C12H23N3O2S. The Morgan fingerprint density at radius 3 is 2.72 bits per heavy atom. The monoisotopic (exact) mass is 273 g/mol. The lowest BCUT2D eigenvalue weighted by Gasteiger charge is -2.03. The highest BCUT2D eigenvalue weighted by molar-refractivity contribution is 7.91. The molecule has 1 N–H and O–H groups in total. The molecule has 0 aliphatic carbocycles. The minimum atomic E-state index is -2.92. The highest BCUT2D eigenvalue weighted by atomic mass is 32.2. The van der Waals surface area contributed by atoms with Crippen molar-refractivity contribution < 1.29 is 8.42 Å². The summed E-state index contributed by atoms with van der Waals surface area (Å²) in [7, 11) is -2.92. The molecule has 1 rings (SSSR count). The van der Waals surface area contributed by atoms with E-state index in [0.29, 0.717) is 13.0 Å². The van der Waals surface area contributed by atoms with Gasteiger partial charge >= 0.3 is 0 Å². The average molecular weight is 273 g/mol. The third kappa shape index (κ3) is 5.64. The fourth-order valence-electron chi connectivity index (χ4n) is 1.68. The summed E-state index contributed by atoms with van der Waals surface area (Å²) >= 11 is 0. The fourth-order valence-corrected chi connectivity index (χ4v) is 2.97. The number of sulfone groups is 1. The van der Waals surface area contributed by atoms with Gasteiger partial charge in [0.05, 0.1) is 18.5 Å². The van der Waals surface area contributed by atoms with E-state index in [1.807, 2.05) is 13.1 Å². The molecule has 0 amide bonds. The van der Waals surface area contributed by atoms with Crippen LogP contribution in [0, 0.1) is 0 Å². The van der Waals surface area contributed by atoms with Gasteiger partial charge in [0.1, 0.15) is 0 Å². The fraction of sp³-hybridized carbons (Fsp3) is 0.750. The van der Waals surface area contributed by atoms with Gasteiger partial charge in [-0.3, -0.25) is 4.68 Å². The van der Waals surface area contributed by atoms with E-state index in [-0.39, 0.29) is 11.5 Å². The molecule has 1 heterocycles. The van der Waals surface area contributed by atoms with Gasteiger partial charge in [0.25, 0.3) is 0 Å². The number of rotatable bonds is 9. The lowest BCUT2D eigenvalue weighted by atomic mass is 10.3. The zero-order valence-corrected chi connectivity index (χ0v) is 12.0. The summed E-state index contributed by atoms with van der Waals surface area (Å²) in [5, 5.41) is 7.46. The molecule has 0 saturated heterocycles. The molecule has 0 saturated carbocycles. The zero-order chi connectivity index (χ0) is 13.4. The first-order valence-electron chi connectivity index (χ1n) is 6.50. The van der Waals surface area contributed by atoms with Crippen LogP contribution in [0.3, 0.4) is 0 Å². The van der Waals surface area contributed by atoms with Crippen LogP contribution >= 0.6 is 0 Å². The molecule has 6 heteroatoms. The molecule has 0 unspecified atom stereocenters. The average Bonchev–Trinajstić information content (AvgIpc) is 2.75. The number of nitrogens with one attached hydrogen (secondary N) is 1. The van der Waals surface area contributed by atoms with Gasteiger partial charge in [0.15, 0.2) is 9.84 Å². The Labute approximate surface area is 109 Å². The molecule has 0 aromatic carbocycles. The number of nitrogens with zero attached hydrogens (tertiary/aromatic N) is 2. The minimum absolute atomic E-state index is 0.171. The van der Waals surface area contributed by atoms with E-state index in [9.17, 15) is 8.42 Å². The standard InChI is InChI=1S/C12H23N3O2S/c1-3-5-13-9-12-10-14-15(11-12)6-8-18(16,17)7-4-2/h10-11,13H,3-9H2,1-2H3. The second-order valence-electron chi connectivity index (χ2n) is 4.44. The summed E-state index contributed by atoms with van der Waals surface area (Å²) in [6, 6.07) is 0. The van der Waals surface area contributed by atoms with Crippen molar-refractivity contribution in [2.24, 2.45) is 0 Å². The van der Waals surface area contributed by atoms with Crippen LogP contribution in [0.5, 0.6) is 0 Å². The minimum Gasteiger partial charge on any atom is -0.313 e. The highest BCUT2D eigenvalue weighted by Crippen LogP contribution is 2.00. The summed E-state index contributed by atoms with van der Waals surface area (Å²) in [5.41, 5.74) is 1.09. The van der Waals surface area contributed by atoms with Gasteiger partial charge in [-0.25, -0.2) is 8.42 Å². The maximum absolute atomic E-state index is 11.6. The molecule has 1 aromatic rings. The van der Waals surface area contributed by atoms with Crippen molar-refractivity contribution >= 4 is 9.84 Å². The Balaban J connectivity index is 2.39. The van der Waals surface area contributed by atoms with Crippen LogP contribution in [0.4, 0.5) is 0 Å². The second-order valence-corrected chi connectivity index (χ2v) is 6.74. The summed E-state index contributed by atoms with van der Waals surface area (Å²) in [5.74, 6) is 0.434. The van der Waals surface area contributed by atoms with Crippen molar-refractivity contribution in [3.63, 3.8) is 0 Å². The van der Waals surface area contributed by atoms with Crippen molar-refractivity contribution in [1.82, 2.24) is 15.1 Å². The molecular weight excluding hydrogens is 250 g/mol. The summed E-state index contributed by atoms with van der Waals surface area (Å²) < 4.78 is 24.8. The maximum atomic E-state index is 11.6. The van der Waals surface area contributed by atoms with E-state index >= 15 is 0 Å². The molecule has 104 valence electrons. The van der Waals surface area contributed by atoms with E-state index in [4.69, 9.17) is 0 Å². The Bertz CT molecular complexity index is 440. The first-order valence-corrected chi connectivity index (χ1v) is 8.32. The van der Waals surface area contributed by atoms with Gasteiger partial charge in [0.2, 0.25) is 0 Å². The third-order valence-electron chi connectivity index (χ3n) is 2.59. The molecule has 0 atom stereocenters. The van der Waals surface area contributed by atoms with Gasteiger partial charge in [-0.15, -0.1) is 0 Å². The molecule has 0 aliphatic heterocycles. The van der Waals surface area contributed by atoms with E-state index in [2.05, 4.69) is 17.3 Å². The van der Waals surface area contributed by atoms with E-state index in [1.54, 1.807) is 10.9 Å². The predicted octanol–water partition coefficient (Wildman–Crippen LogP) is 1.21. The Morgan fingerprint density at radius 1 is 1.28 bits per heavy atom. The van der Waals surface area contributed by atoms with Gasteiger partial charge in [0, 0.05) is 24.1 Å². The predicted molar refractivity (Wildman–Crippen MR) is 73.2 cm³/mol. The number of hydrogen-bond acceptors (Lipinski definition) is 4. The normalized spacial score (nSPS) is 11.9. The van der Waals surface area contributed by atoms with E-state index in [0.717, 1.165) is 25.1 Å². The quantitative estimate of drug-likeness (QED) is 0.687. The SMILES string of the molecule is CCCNCc1cnn(CCS(=O)(=O)CCC)c1.